The Morgan fingerprint density at radius 1 is 1.39 bits per heavy atom. The number of nitrogens with one attached hydrogen (secondary N) is 1. The smallest absolute Gasteiger partial charge is 0.326 e. The first-order chi connectivity index (χ1) is 8.56. The van der Waals surface area contributed by atoms with E-state index in [1.807, 2.05) is 25.6 Å². The van der Waals surface area contributed by atoms with Gasteiger partial charge in [0.2, 0.25) is 0 Å². The fourth-order valence-electron chi connectivity index (χ4n) is 1.86. The summed E-state index contributed by atoms with van der Waals surface area (Å²) in [6.07, 6.45) is 1.70. The number of urea groups is 1. The minimum atomic E-state index is -0.957. The minimum absolute atomic E-state index is 0.0622. The largest absolute Gasteiger partial charge is 0.480 e. The van der Waals surface area contributed by atoms with Crippen LogP contribution in [-0.2, 0) is 4.79 Å². The van der Waals surface area contributed by atoms with E-state index in [1.165, 1.54) is 0 Å². The summed E-state index contributed by atoms with van der Waals surface area (Å²) in [7, 11) is 0. The molecule has 1 fully saturated rings. The molecule has 0 aromatic carbocycles. The highest BCUT2D eigenvalue weighted by Crippen LogP contribution is 2.12. The summed E-state index contributed by atoms with van der Waals surface area (Å²) < 4.78 is 0. The van der Waals surface area contributed by atoms with Crippen LogP contribution in [0.25, 0.3) is 0 Å². The predicted molar refractivity (Wildman–Crippen MR) is 72.9 cm³/mol. The van der Waals surface area contributed by atoms with Crippen molar-refractivity contribution >= 4 is 23.8 Å². The molecule has 0 aliphatic carbocycles. The lowest BCUT2D eigenvalue weighted by atomic mass is 9.99. The number of carbonyl (C=O) groups excluding carboxylic acids is 1. The van der Waals surface area contributed by atoms with E-state index in [-0.39, 0.29) is 11.9 Å². The highest BCUT2D eigenvalue weighted by Gasteiger charge is 2.27. The zero-order valence-corrected chi connectivity index (χ0v) is 11.8. The molecule has 6 heteroatoms. The van der Waals surface area contributed by atoms with Crippen LogP contribution in [-0.4, -0.2) is 52.6 Å². The zero-order valence-electron chi connectivity index (χ0n) is 11.0. The van der Waals surface area contributed by atoms with Gasteiger partial charge in [-0.1, -0.05) is 20.3 Å². The van der Waals surface area contributed by atoms with Crippen LogP contribution in [0, 0.1) is 5.92 Å². The number of amides is 2. The second-order valence-corrected chi connectivity index (χ2v) is 5.83. The second-order valence-electron chi connectivity index (χ2n) is 4.60. The van der Waals surface area contributed by atoms with Gasteiger partial charge in [0.25, 0.3) is 0 Å². The Morgan fingerprint density at radius 2 is 2.11 bits per heavy atom. The Kier molecular flexibility index (Phi) is 6.32. The molecule has 104 valence electrons. The molecular formula is C12H22N2O3S. The molecule has 1 rings (SSSR count). The Hall–Kier alpha value is -0.910. The normalized spacial score (nSPS) is 19.8. The third-order valence-electron chi connectivity index (χ3n) is 3.27. The lowest BCUT2D eigenvalue weighted by Gasteiger charge is -2.25. The number of hydrogen-bond donors (Lipinski definition) is 2. The van der Waals surface area contributed by atoms with E-state index in [2.05, 4.69) is 5.32 Å². The Morgan fingerprint density at radius 3 is 2.72 bits per heavy atom. The third-order valence-corrected chi connectivity index (χ3v) is 4.32. The van der Waals surface area contributed by atoms with Gasteiger partial charge in [0.15, 0.2) is 0 Å². The summed E-state index contributed by atoms with van der Waals surface area (Å²) in [6.45, 7) is 5.18. The van der Waals surface area contributed by atoms with Gasteiger partial charge in [0.05, 0.1) is 0 Å². The van der Waals surface area contributed by atoms with Gasteiger partial charge < -0.3 is 15.3 Å². The highest BCUT2D eigenvalue weighted by atomic mass is 32.2. The number of carbonyl (C=O) groups is 2. The number of rotatable bonds is 4. The van der Waals surface area contributed by atoms with Gasteiger partial charge in [0, 0.05) is 18.8 Å². The van der Waals surface area contributed by atoms with Crippen LogP contribution < -0.4 is 5.32 Å². The molecular weight excluding hydrogens is 252 g/mol. The summed E-state index contributed by atoms with van der Waals surface area (Å²) in [5.41, 5.74) is 0. The van der Waals surface area contributed by atoms with Crippen molar-refractivity contribution in [3.63, 3.8) is 0 Å². The first kappa shape index (κ1) is 15.1. The molecule has 2 atom stereocenters. The summed E-state index contributed by atoms with van der Waals surface area (Å²) in [5.74, 6) is 0.973. The molecule has 0 radical (unpaired) electrons. The van der Waals surface area contributed by atoms with Crippen LogP contribution in [0.5, 0.6) is 0 Å². The first-order valence-electron chi connectivity index (χ1n) is 6.42. The number of carboxylic acids is 1. The van der Waals surface area contributed by atoms with Crippen LogP contribution in [0.3, 0.4) is 0 Å². The van der Waals surface area contributed by atoms with E-state index in [0.717, 1.165) is 24.3 Å². The zero-order chi connectivity index (χ0) is 13.5. The van der Waals surface area contributed by atoms with Crippen LogP contribution in [0.4, 0.5) is 4.79 Å². The maximum atomic E-state index is 12.0. The Balaban J connectivity index is 2.56. The molecule has 18 heavy (non-hydrogen) atoms. The molecule has 0 saturated carbocycles. The quantitative estimate of drug-likeness (QED) is 0.817. The lowest BCUT2D eigenvalue weighted by Crippen LogP contribution is -2.51. The van der Waals surface area contributed by atoms with Crippen molar-refractivity contribution in [2.45, 2.75) is 32.7 Å². The Bertz CT molecular complexity index is 291. The van der Waals surface area contributed by atoms with Gasteiger partial charge in [-0.3, -0.25) is 0 Å². The van der Waals surface area contributed by atoms with Gasteiger partial charge >= 0.3 is 12.0 Å². The third kappa shape index (κ3) is 4.40. The molecule has 1 heterocycles. The molecule has 0 unspecified atom stereocenters. The molecule has 5 nitrogen and oxygen atoms in total. The maximum Gasteiger partial charge on any atom is 0.326 e. The average molecular weight is 274 g/mol. The van der Waals surface area contributed by atoms with Crippen molar-refractivity contribution in [2.24, 2.45) is 5.92 Å². The summed E-state index contributed by atoms with van der Waals surface area (Å²) >= 11 is 1.83. The van der Waals surface area contributed by atoms with Crippen LogP contribution >= 0.6 is 11.8 Å². The Labute approximate surface area is 112 Å². The molecule has 2 amide bonds. The number of carboxylic acid groups (broad SMARTS) is 1. The standard InChI is InChI=1S/C12H22N2O3S/c1-3-9(2)10(11(15)16)13-12(17)14-5-4-7-18-8-6-14/h9-10H,3-8H2,1-2H3,(H,13,17)(H,15,16)/t9-,10-/m0/s1. The molecule has 1 aliphatic rings. The summed E-state index contributed by atoms with van der Waals surface area (Å²) in [4.78, 5) is 24.9. The molecule has 0 aromatic heterocycles. The van der Waals surface area contributed by atoms with E-state index < -0.39 is 12.0 Å². The summed E-state index contributed by atoms with van der Waals surface area (Å²) in [5, 5.41) is 11.8. The van der Waals surface area contributed by atoms with Crippen molar-refractivity contribution in [3.05, 3.63) is 0 Å². The topological polar surface area (TPSA) is 69.6 Å². The fourth-order valence-corrected chi connectivity index (χ4v) is 2.74. The predicted octanol–water partition coefficient (Wildman–Crippen LogP) is 1.63. The second kappa shape index (κ2) is 7.51. The number of aliphatic carboxylic acids is 1. The van der Waals surface area contributed by atoms with Gasteiger partial charge in [0.1, 0.15) is 6.04 Å². The lowest BCUT2D eigenvalue weighted by molar-refractivity contribution is -0.140. The molecule has 1 aliphatic heterocycles. The number of nitrogens with zero attached hydrogens (tertiary/aromatic N) is 1. The van der Waals surface area contributed by atoms with Crippen molar-refractivity contribution in [1.82, 2.24) is 10.2 Å². The van der Waals surface area contributed by atoms with Crippen LogP contribution in [0.2, 0.25) is 0 Å². The van der Waals surface area contributed by atoms with E-state index >= 15 is 0 Å². The van der Waals surface area contributed by atoms with Gasteiger partial charge in [-0.25, -0.2) is 9.59 Å². The molecule has 2 N–H and O–H groups in total. The minimum Gasteiger partial charge on any atom is -0.480 e. The average Bonchev–Trinajstić information content (AvgIpc) is 2.63. The monoisotopic (exact) mass is 274 g/mol. The number of thioether (sulfide) groups is 1. The molecule has 1 saturated heterocycles. The van der Waals surface area contributed by atoms with Crippen molar-refractivity contribution in [2.75, 3.05) is 24.6 Å². The van der Waals surface area contributed by atoms with Crippen molar-refractivity contribution in [3.8, 4) is 0 Å². The van der Waals surface area contributed by atoms with Gasteiger partial charge in [-0.2, -0.15) is 11.8 Å². The highest BCUT2D eigenvalue weighted by molar-refractivity contribution is 7.99. The van der Waals surface area contributed by atoms with Crippen LogP contribution in [0.1, 0.15) is 26.7 Å². The van der Waals surface area contributed by atoms with E-state index in [4.69, 9.17) is 5.11 Å². The van der Waals surface area contributed by atoms with Crippen LogP contribution in [0.15, 0.2) is 0 Å². The van der Waals surface area contributed by atoms with E-state index in [0.29, 0.717) is 13.1 Å². The van der Waals surface area contributed by atoms with Crippen molar-refractivity contribution < 1.29 is 14.7 Å². The van der Waals surface area contributed by atoms with E-state index in [1.54, 1.807) is 4.90 Å². The van der Waals surface area contributed by atoms with E-state index in [9.17, 15) is 9.59 Å². The fraction of sp³-hybridized carbons (Fsp3) is 0.833. The molecule has 0 bridgehead atoms. The van der Waals surface area contributed by atoms with Crippen molar-refractivity contribution in [1.29, 1.82) is 0 Å². The van der Waals surface area contributed by atoms with Gasteiger partial charge in [-0.15, -0.1) is 0 Å². The first-order valence-corrected chi connectivity index (χ1v) is 7.57. The molecule has 0 aromatic rings. The number of hydrogen-bond acceptors (Lipinski definition) is 3. The maximum absolute atomic E-state index is 12.0. The summed E-state index contributed by atoms with van der Waals surface area (Å²) in [6, 6.07) is -1.04. The van der Waals surface area contributed by atoms with Gasteiger partial charge in [-0.05, 0) is 18.1 Å². The molecule has 0 spiro atoms. The SMILES string of the molecule is CC[C@H](C)[C@H](NC(=O)N1CCCSCC1)C(=O)O.